The molecule has 0 amide bonds. The minimum atomic E-state index is -0.0129. The summed E-state index contributed by atoms with van der Waals surface area (Å²) >= 11 is 0. The number of para-hydroxylation sites is 2. The summed E-state index contributed by atoms with van der Waals surface area (Å²) in [5.41, 5.74) is 21.1. The van der Waals surface area contributed by atoms with Gasteiger partial charge in [0.15, 0.2) is 0 Å². The first-order valence-electron chi connectivity index (χ1n) is 23.6. The van der Waals surface area contributed by atoms with Crippen molar-refractivity contribution in [2.45, 2.75) is 44.9 Å². The number of rotatable bonds is 5. The second-order valence-corrected chi connectivity index (χ2v) is 19.0. The average molecular weight is 835 g/mol. The summed E-state index contributed by atoms with van der Waals surface area (Å²) in [6.07, 6.45) is 4.51. The molecule has 0 unspecified atom stereocenters. The van der Waals surface area contributed by atoms with Crippen molar-refractivity contribution in [2.75, 3.05) is 22.9 Å². The predicted molar refractivity (Wildman–Crippen MR) is 276 cm³/mol. The van der Waals surface area contributed by atoms with E-state index in [0.717, 1.165) is 38.8 Å². The molecule has 0 N–H and O–H groups in total. The fourth-order valence-corrected chi connectivity index (χ4v) is 11.9. The minimum absolute atomic E-state index is 0.0129. The molecule has 0 atom stereocenters. The zero-order chi connectivity index (χ0) is 43.2. The van der Waals surface area contributed by atoms with E-state index >= 15 is 0 Å². The van der Waals surface area contributed by atoms with Gasteiger partial charge in [-0.25, -0.2) is 0 Å². The second-order valence-electron chi connectivity index (χ2n) is 19.0. The lowest BCUT2D eigenvalue weighted by atomic mass is 9.82. The summed E-state index contributed by atoms with van der Waals surface area (Å²) in [5, 5.41) is 7.64. The van der Waals surface area contributed by atoms with E-state index in [-0.39, 0.29) is 5.41 Å². The number of benzene rings is 10. The number of fused-ring (bicyclic) bond motifs is 8. The van der Waals surface area contributed by atoms with Gasteiger partial charge in [0.05, 0.1) is 0 Å². The van der Waals surface area contributed by atoms with Crippen LogP contribution in [-0.4, -0.2) is 13.1 Å². The molecule has 65 heavy (non-hydrogen) atoms. The van der Waals surface area contributed by atoms with Crippen LogP contribution in [0.1, 0.15) is 48.9 Å². The smallest absolute Gasteiger partial charge is 0.0443 e. The Kier molecular flexibility index (Phi) is 8.68. The molecular weight excluding hydrogens is 785 g/mol. The molecule has 2 nitrogen and oxygen atoms in total. The number of hydrogen-bond acceptors (Lipinski definition) is 2. The first-order chi connectivity index (χ1) is 32.0. The highest BCUT2D eigenvalue weighted by Gasteiger charge is 2.35. The first kappa shape index (κ1) is 38.1. The monoisotopic (exact) mass is 834 g/mol. The molecule has 2 heterocycles. The van der Waals surface area contributed by atoms with E-state index in [4.69, 9.17) is 0 Å². The molecule has 0 saturated carbocycles. The zero-order valence-corrected chi connectivity index (χ0v) is 37.1. The summed E-state index contributed by atoms with van der Waals surface area (Å²) in [6, 6.07) is 73.9. The molecule has 13 rings (SSSR count). The van der Waals surface area contributed by atoms with Crippen LogP contribution < -0.4 is 9.80 Å². The molecule has 2 heteroatoms. The van der Waals surface area contributed by atoms with Gasteiger partial charge in [0, 0.05) is 41.3 Å². The second kappa shape index (κ2) is 14.8. The van der Waals surface area contributed by atoms with Gasteiger partial charge in [-0.3, -0.25) is 0 Å². The van der Waals surface area contributed by atoms with Gasteiger partial charge in [0.25, 0.3) is 0 Å². The van der Waals surface area contributed by atoms with Crippen LogP contribution in [0.25, 0.3) is 76.8 Å². The quantitative estimate of drug-likeness (QED) is 0.159. The summed E-state index contributed by atoms with van der Waals surface area (Å²) in [7, 11) is 0. The van der Waals surface area contributed by atoms with Crippen LogP contribution in [0.5, 0.6) is 0 Å². The summed E-state index contributed by atoms with van der Waals surface area (Å²) in [5.74, 6) is 0. The van der Waals surface area contributed by atoms with Gasteiger partial charge in [0.2, 0.25) is 0 Å². The largest absolute Gasteiger partial charge is 0.341 e. The molecule has 2 aliphatic heterocycles. The Morgan fingerprint density at radius 1 is 0.369 bits per heavy atom. The maximum atomic E-state index is 2.55. The lowest BCUT2D eigenvalue weighted by molar-refractivity contribution is 0.660. The Labute approximate surface area is 382 Å². The van der Waals surface area contributed by atoms with Crippen molar-refractivity contribution < 1.29 is 0 Å². The number of anilines is 4. The lowest BCUT2D eigenvalue weighted by Gasteiger charge is -2.32. The molecule has 0 bridgehead atoms. The fraction of sp³-hybridized carbons (Fsp3) is 0.143. The number of hydrogen-bond donors (Lipinski definition) is 0. The number of aryl methyl sites for hydroxylation is 2. The summed E-state index contributed by atoms with van der Waals surface area (Å²) < 4.78 is 0. The molecule has 0 aromatic heterocycles. The van der Waals surface area contributed by atoms with E-state index in [1.807, 2.05) is 0 Å². The van der Waals surface area contributed by atoms with Crippen molar-refractivity contribution in [1.29, 1.82) is 0 Å². The predicted octanol–water partition coefficient (Wildman–Crippen LogP) is 16.6. The Morgan fingerprint density at radius 3 is 1.63 bits per heavy atom. The SMILES string of the molecule is CC1(C)c2ccccc2-c2cc(-c3ccc(-c4c5cc(N6CCCc7ccccc76)ccc5c(-c5cccc6ccccc56)c5cc(N6CCCc7ccccc76)ccc45)cc3)ccc21. The first-order valence-corrected chi connectivity index (χ1v) is 23.6. The van der Waals surface area contributed by atoms with Gasteiger partial charge < -0.3 is 9.80 Å². The third-order valence-electron chi connectivity index (χ3n) is 15.1. The Balaban J connectivity index is 1.06. The van der Waals surface area contributed by atoms with Crippen molar-refractivity contribution >= 4 is 55.1 Å². The molecule has 0 fully saturated rings. The van der Waals surface area contributed by atoms with Crippen molar-refractivity contribution in [2.24, 2.45) is 0 Å². The van der Waals surface area contributed by atoms with E-state index in [2.05, 4.69) is 218 Å². The average Bonchev–Trinajstić information content (AvgIpc) is 3.60. The Morgan fingerprint density at radius 2 is 0.908 bits per heavy atom. The van der Waals surface area contributed by atoms with Crippen LogP contribution in [-0.2, 0) is 18.3 Å². The van der Waals surface area contributed by atoms with Gasteiger partial charge in [-0.2, -0.15) is 0 Å². The Hall–Kier alpha value is -7.42. The molecule has 3 aliphatic rings. The van der Waals surface area contributed by atoms with Crippen LogP contribution >= 0.6 is 0 Å². The highest BCUT2D eigenvalue weighted by Crippen LogP contribution is 2.51. The van der Waals surface area contributed by atoms with Crippen LogP contribution in [0.2, 0.25) is 0 Å². The van der Waals surface area contributed by atoms with E-state index < -0.39 is 0 Å². The minimum Gasteiger partial charge on any atom is -0.341 e. The normalized spacial score (nSPS) is 14.9. The zero-order valence-electron chi connectivity index (χ0n) is 37.1. The molecule has 10 aromatic carbocycles. The maximum Gasteiger partial charge on any atom is 0.0443 e. The standard InChI is InChI=1S/C63H50N2/c1-63(2)57-23-8-7-21-50(57)54-38-46(30-35-58(54)63)41-26-28-45(29-27-41)61-52-33-31-48(65-37-13-19-44-16-5-10-25-60(44)65)40-56(52)62(51-22-11-17-42-14-3-6-20-49(42)51)53-34-32-47(39-55(53)61)64-36-12-18-43-15-4-9-24-59(43)64/h3-11,14-17,20-35,38-40H,12-13,18-19,36-37H2,1-2H3. The molecule has 0 saturated heterocycles. The fourth-order valence-electron chi connectivity index (χ4n) is 11.9. The van der Waals surface area contributed by atoms with Gasteiger partial charge in [-0.05, 0) is 167 Å². The Bertz CT molecular complexity index is 3530. The van der Waals surface area contributed by atoms with Crippen LogP contribution in [0.3, 0.4) is 0 Å². The summed E-state index contributed by atoms with van der Waals surface area (Å²) in [4.78, 5) is 5.11. The third-order valence-corrected chi connectivity index (χ3v) is 15.1. The molecule has 312 valence electrons. The van der Waals surface area contributed by atoms with E-state index in [0.29, 0.717) is 0 Å². The number of nitrogens with zero attached hydrogens (tertiary/aromatic N) is 2. The van der Waals surface area contributed by atoms with E-state index in [1.54, 1.807) is 0 Å². The van der Waals surface area contributed by atoms with Crippen LogP contribution in [0.15, 0.2) is 194 Å². The van der Waals surface area contributed by atoms with Gasteiger partial charge >= 0.3 is 0 Å². The molecule has 0 spiro atoms. The molecule has 1 aliphatic carbocycles. The van der Waals surface area contributed by atoms with E-state index in [9.17, 15) is 0 Å². The van der Waals surface area contributed by atoms with Crippen molar-refractivity contribution in [1.82, 2.24) is 0 Å². The van der Waals surface area contributed by atoms with Crippen molar-refractivity contribution in [3.8, 4) is 44.5 Å². The molecular formula is C63H50N2. The van der Waals surface area contributed by atoms with E-state index in [1.165, 1.54) is 122 Å². The molecule has 0 radical (unpaired) electrons. The van der Waals surface area contributed by atoms with Crippen LogP contribution in [0, 0.1) is 0 Å². The highest BCUT2D eigenvalue weighted by atomic mass is 15.1. The summed E-state index contributed by atoms with van der Waals surface area (Å²) in [6.45, 7) is 6.71. The van der Waals surface area contributed by atoms with Gasteiger partial charge in [0.1, 0.15) is 0 Å². The highest BCUT2D eigenvalue weighted by molar-refractivity contribution is 6.24. The van der Waals surface area contributed by atoms with Crippen LogP contribution in [0.4, 0.5) is 22.7 Å². The molecule has 10 aromatic rings. The van der Waals surface area contributed by atoms with Gasteiger partial charge in [-0.15, -0.1) is 0 Å². The lowest BCUT2D eigenvalue weighted by Crippen LogP contribution is -2.24. The maximum absolute atomic E-state index is 2.55. The van der Waals surface area contributed by atoms with Gasteiger partial charge in [-0.1, -0.05) is 166 Å². The van der Waals surface area contributed by atoms with Crippen molar-refractivity contribution in [3.63, 3.8) is 0 Å². The topological polar surface area (TPSA) is 6.48 Å². The van der Waals surface area contributed by atoms with Crippen molar-refractivity contribution in [3.05, 3.63) is 216 Å². The third kappa shape index (κ3) is 6.00.